The third-order valence-corrected chi connectivity index (χ3v) is 2.26. The molecule has 0 aliphatic heterocycles. The first-order valence-corrected chi connectivity index (χ1v) is 5.83. The third kappa shape index (κ3) is 5.91. The topological polar surface area (TPSA) is 50.1 Å². The van der Waals surface area contributed by atoms with Crippen LogP contribution < -0.4 is 0 Å². The fourth-order valence-corrected chi connectivity index (χ4v) is 1.08. The Morgan fingerprint density at radius 2 is 2.45 bits per heavy atom. The minimum absolute atomic E-state index is 0.363. The van der Waals surface area contributed by atoms with E-state index in [-0.39, 0.29) is 5.97 Å². The number of carbonyl (C=O) groups is 1. The van der Waals surface area contributed by atoms with Crippen molar-refractivity contribution in [3.05, 3.63) is 12.2 Å². The monoisotopic (exact) mass is 269 g/mol. The van der Waals surface area contributed by atoms with Crippen LogP contribution in [0, 0.1) is 9.38 Å². The molecule has 0 saturated carbocycles. The molecule has 0 amide bonds. The molecule has 0 heterocycles. The van der Waals surface area contributed by atoms with Crippen molar-refractivity contribution < 1.29 is 9.53 Å². The van der Waals surface area contributed by atoms with E-state index in [0.29, 0.717) is 12.2 Å². The number of esters is 1. The first-order chi connectivity index (χ1) is 5.18. The summed E-state index contributed by atoms with van der Waals surface area (Å²) in [6.45, 7) is 5.39. The van der Waals surface area contributed by atoms with Gasteiger partial charge in [-0.15, -0.1) is 0 Å². The van der Waals surface area contributed by atoms with Gasteiger partial charge in [-0.2, -0.15) is 0 Å². The van der Waals surface area contributed by atoms with Crippen molar-refractivity contribution >= 4 is 26.9 Å². The van der Waals surface area contributed by atoms with Crippen LogP contribution in [0.2, 0.25) is 4.47 Å². The molecule has 0 spiro atoms. The summed E-state index contributed by atoms with van der Waals surface area (Å²) < 4.78 is 7.56. The van der Waals surface area contributed by atoms with Crippen LogP contribution in [0.1, 0.15) is 6.92 Å². The average Bonchev–Trinajstić information content (AvgIpc) is 1.97. The molecule has 11 heavy (non-hydrogen) atoms. The Morgan fingerprint density at radius 3 is 2.91 bits per heavy atom. The number of ether oxygens (including phenoxy) is 1. The summed E-state index contributed by atoms with van der Waals surface area (Å²) in [5.74, 6) is -0.365. The third-order valence-electron chi connectivity index (χ3n) is 0.832. The molecule has 0 bridgehead atoms. The maximum absolute atomic E-state index is 10.7. The van der Waals surface area contributed by atoms with Gasteiger partial charge in [0.2, 0.25) is 0 Å². The molecule has 3 nitrogen and oxygen atoms in total. The Balaban J connectivity index is 3.34. The molecule has 0 aliphatic rings. The molecule has 0 fully saturated rings. The minimum atomic E-state index is -0.579. The van der Waals surface area contributed by atoms with E-state index in [1.807, 2.05) is 0 Å². The molecule has 0 rings (SSSR count). The molecule has 0 N–H and O–H groups in total. The van der Waals surface area contributed by atoms with Gasteiger partial charge in [0.15, 0.2) is 0 Å². The van der Waals surface area contributed by atoms with Gasteiger partial charge in [-0.1, -0.05) is 0 Å². The van der Waals surface area contributed by atoms with Crippen molar-refractivity contribution in [1.82, 2.24) is 0 Å². The summed E-state index contributed by atoms with van der Waals surface area (Å²) in [4.78, 5) is 10.7. The molecule has 0 aromatic rings. The van der Waals surface area contributed by atoms with Crippen molar-refractivity contribution in [1.29, 1.82) is 5.26 Å². The molecule has 0 atom stereocenters. The van der Waals surface area contributed by atoms with Crippen molar-refractivity contribution in [2.24, 2.45) is 0 Å². The first-order valence-electron chi connectivity index (χ1n) is 3.02. The average molecular weight is 267 g/mol. The Hall–Kier alpha value is -0.510. The van der Waals surface area contributed by atoms with E-state index in [4.69, 9.17) is 10.00 Å². The maximum atomic E-state index is 10.7. The van der Waals surface area contributed by atoms with Gasteiger partial charge in [0.25, 0.3) is 0 Å². The number of nitrogens with zero attached hydrogens (tertiary/aromatic N) is 1. The van der Waals surface area contributed by atoms with Gasteiger partial charge in [0.05, 0.1) is 0 Å². The Bertz CT molecular complexity index is 195. The van der Waals surface area contributed by atoms with Crippen molar-refractivity contribution in [2.75, 3.05) is 6.61 Å². The second kappa shape index (κ2) is 6.22. The normalized spacial score (nSPS) is 8.36. The number of hydrogen-bond donors (Lipinski definition) is 0. The van der Waals surface area contributed by atoms with Gasteiger partial charge in [0.1, 0.15) is 0 Å². The van der Waals surface area contributed by atoms with E-state index in [9.17, 15) is 4.79 Å². The Morgan fingerprint density at radius 1 is 1.82 bits per heavy atom. The van der Waals surface area contributed by atoms with E-state index in [2.05, 4.69) is 10.7 Å². The van der Waals surface area contributed by atoms with Gasteiger partial charge >= 0.3 is 76.0 Å². The van der Waals surface area contributed by atoms with Gasteiger partial charge in [-0.25, -0.2) is 0 Å². The molecular formula is C7H9NO2Te. The van der Waals surface area contributed by atoms with E-state index in [0.717, 1.165) is 4.47 Å². The summed E-state index contributed by atoms with van der Waals surface area (Å²) in [6, 6.07) is 0. The fourth-order valence-electron chi connectivity index (χ4n) is 0.345. The Kier molecular flexibility index (Phi) is 5.93. The molecule has 0 aromatic heterocycles. The molecule has 0 aliphatic carbocycles. The summed E-state index contributed by atoms with van der Waals surface area (Å²) in [7, 11) is 0. The van der Waals surface area contributed by atoms with Crippen LogP contribution in [0.4, 0.5) is 0 Å². The molecule has 60 valence electrons. The Labute approximate surface area is 76.1 Å². The number of rotatable bonds is 4. The van der Waals surface area contributed by atoms with Crippen LogP contribution in [0.5, 0.6) is 0 Å². The van der Waals surface area contributed by atoms with E-state index < -0.39 is 20.9 Å². The summed E-state index contributed by atoms with van der Waals surface area (Å²) in [6.07, 6.45) is 0. The molecule has 0 saturated heterocycles. The van der Waals surface area contributed by atoms with Gasteiger partial charge in [0, 0.05) is 0 Å². The van der Waals surface area contributed by atoms with E-state index >= 15 is 0 Å². The molecule has 4 heteroatoms. The van der Waals surface area contributed by atoms with Crippen LogP contribution >= 0.6 is 0 Å². The van der Waals surface area contributed by atoms with Crippen LogP contribution in [-0.4, -0.2) is 33.5 Å². The standard InChI is InChI=1S/C7H9NO2Te/c1-6(2)7(9)10-3-4-11-5-8/h1,3-4H2,2H3. The first kappa shape index (κ1) is 10.5. The quantitative estimate of drug-likeness (QED) is 0.326. The van der Waals surface area contributed by atoms with Crippen molar-refractivity contribution in [3.63, 3.8) is 0 Å². The summed E-state index contributed by atoms with van der Waals surface area (Å²) in [5.41, 5.74) is 0.405. The zero-order valence-corrected chi connectivity index (χ0v) is 8.62. The van der Waals surface area contributed by atoms with Gasteiger partial charge in [-0.3, -0.25) is 0 Å². The summed E-state index contributed by atoms with van der Waals surface area (Å²) in [5, 5.41) is 8.19. The van der Waals surface area contributed by atoms with E-state index in [1.54, 1.807) is 6.92 Å². The predicted molar refractivity (Wildman–Crippen MR) is 41.9 cm³/mol. The number of nitriles is 1. The van der Waals surface area contributed by atoms with E-state index in [1.165, 1.54) is 0 Å². The zero-order chi connectivity index (χ0) is 8.69. The molecular weight excluding hydrogens is 258 g/mol. The van der Waals surface area contributed by atoms with Gasteiger partial charge < -0.3 is 0 Å². The van der Waals surface area contributed by atoms with Gasteiger partial charge in [-0.05, 0) is 0 Å². The van der Waals surface area contributed by atoms with Crippen LogP contribution in [-0.2, 0) is 9.53 Å². The summed E-state index contributed by atoms with van der Waals surface area (Å²) >= 11 is -0.579. The van der Waals surface area contributed by atoms with Crippen molar-refractivity contribution in [3.8, 4) is 4.12 Å². The molecule has 0 unspecified atom stereocenters. The second-order valence-corrected chi connectivity index (χ2v) is 4.37. The van der Waals surface area contributed by atoms with Crippen LogP contribution in [0.3, 0.4) is 0 Å². The molecule has 0 aromatic carbocycles. The SMILES string of the molecule is C=C(C)C(=O)OCC[Te]C#N. The number of hydrogen-bond acceptors (Lipinski definition) is 3. The zero-order valence-electron chi connectivity index (χ0n) is 6.29. The predicted octanol–water partition coefficient (Wildman–Crippen LogP) is 0.709. The molecule has 0 radical (unpaired) electrons. The van der Waals surface area contributed by atoms with Crippen molar-refractivity contribution in [2.45, 2.75) is 11.4 Å². The van der Waals surface area contributed by atoms with Crippen LogP contribution in [0.15, 0.2) is 12.2 Å². The fraction of sp³-hybridized carbons (Fsp3) is 0.429. The van der Waals surface area contributed by atoms with Crippen LogP contribution in [0.25, 0.3) is 0 Å². The second-order valence-electron chi connectivity index (χ2n) is 1.86. The number of carbonyl (C=O) groups excluding carboxylic acids is 1.